The lowest BCUT2D eigenvalue weighted by molar-refractivity contribution is -0.0637. The van der Waals surface area contributed by atoms with Gasteiger partial charge in [0.2, 0.25) is 0 Å². The molecule has 3 saturated heterocycles. The molecule has 86 valence electrons. The number of piperidine rings is 3. The summed E-state index contributed by atoms with van der Waals surface area (Å²) in [6.07, 6.45) is 7.76. The Morgan fingerprint density at radius 1 is 1.56 bits per heavy atom. The zero-order valence-electron chi connectivity index (χ0n) is 9.76. The second kappa shape index (κ2) is 3.54. The molecule has 4 unspecified atom stereocenters. The summed E-state index contributed by atoms with van der Waals surface area (Å²) in [7, 11) is 0. The lowest BCUT2D eigenvalue weighted by Crippen LogP contribution is -2.62. The summed E-state index contributed by atoms with van der Waals surface area (Å²) in [5.74, 6) is 0.796. The van der Waals surface area contributed by atoms with Gasteiger partial charge in [0.15, 0.2) is 0 Å². The first kappa shape index (κ1) is 10.2. The second-order valence-electron chi connectivity index (χ2n) is 5.37. The van der Waals surface area contributed by atoms with Crippen molar-refractivity contribution in [3.8, 4) is 0 Å². The van der Waals surface area contributed by atoms with Crippen molar-refractivity contribution in [3.63, 3.8) is 0 Å². The van der Waals surface area contributed by atoms with Crippen LogP contribution in [0, 0.1) is 5.92 Å². The van der Waals surface area contributed by atoms with Gasteiger partial charge in [-0.3, -0.25) is 9.88 Å². The minimum absolute atomic E-state index is 0.106. The zero-order chi connectivity index (χ0) is 11.2. The molecule has 3 aliphatic heterocycles. The number of pyridine rings is 1. The molecule has 2 N–H and O–H groups in total. The summed E-state index contributed by atoms with van der Waals surface area (Å²) >= 11 is 0. The van der Waals surface area contributed by atoms with Gasteiger partial charge in [-0.15, -0.1) is 0 Å². The van der Waals surface area contributed by atoms with Gasteiger partial charge < -0.3 is 5.73 Å². The summed E-state index contributed by atoms with van der Waals surface area (Å²) in [5.41, 5.74) is 7.66. The maximum atomic E-state index is 6.24. The molecule has 2 bridgehead atoms. The first-order chi connectivity index (χ1) is 7.70. The number of nitrogens with two attached hydrogens (primary N) is 1. The highest BCUT2D eigenvalue weighted by Crippen LogP contribution is 2.46. The molecule has 4 rings (SSSR count). The topological polar surface area (TPSA) is 42.2 Å². The molecule has 1 aromatic heterocycles. The fraction of sp³-hybridized carbons (Fsp3) is 0.615. The number of hydrogen-bond donors (Lipinski definition) is 1. The summed E-state index contributed by atoms with van der Waals surface area (Å²) in [5, 5.41) is 0. The molecule has 0 aromatic carbocycles. The molecule has 0 saturated carbocycles. The normalized spacial score (nSPS) is 42.2. The van der Waals surface area contributed by atoms with Crippen LogP contribution in [0.1, 0.15) is 31.7 Å². The second-order valence-corrected chi connectivity index (χ2v) is 5.37. The van der Waals surface area contributed by atoms with E-state index in [1.54, 1.807) is 0 Å². The third-order valence-corrected chi connectivity index (χ3v) is 4.36. The Hall–Kier alpha value is -0.930. The molecular formula is C13H19N3. The minimum atomic E-state index is 0.106. The molecule has 16 heavy (non-hydrogen) atoms. The summed E-state index contributed by atoms with van der Waals surface area (Å²) in [4.78, 5) is 6.71. The minimum Gasteiger partial charge on any atom is -0.316 e. The van der Waals surface area contributed by atoms with E-state index in [4.69, 9.17) is 5.73 Å². The highest BCUT2D eigenvalue weighted by Gasteiger charge is 2.47. The van der Waals surface area contributed by atoms with E-state index in [0.717, 1.165) is 18.9 Å². The number of nitrogens with zero attached hydrogens (tertiary/aromatic N) is 2. The van der Waals surface area contributed by atoms with E-state index in [2.05, 4.69) is 22.9 Å². The smallest absolute Gasteiger partial charge is 0.0582 e. The Morgan fingerprint density at radius 2 is 2.44 bits per heavy atom. The van der Waals surface area contributed by atoms with Gasteiger partial charge in [-0.1, -0.05) is 6.07 Å². The molecule has 0 amide bonds. The Bertz CT molecular complexity index is 378. The van der Waals surface area contributed by atoms with E-state index in [9.17, 15) is 0 Å². The maximum absolute atomic E-state index is 6.24. The number of hydrogen-bond acceptors (Lipinski definition) is 3. The van der Waals surface area contributed by atoms with Crippen LogP contribution in [-0.2, 0) is 5.54 Å². The SMILES string of the molecule is CC1(c2cccnc2)CC2CCN1C(N)C2. The van der Waals surface area contributed by atoms with Gasteiger partial charge in [0.25, 0.3) is 0 Å². The summed E-state index contributed by atoms with van der Waals surface area (Å²) in [6, 6.07) is 4.20. The molecular weight excluding hydrogens is 198 g/mol. The molecule has 0 spiro atoms. The van der Waals surface area contributed by atoms with E-state index in [1.807, 2.05) is 18.5 Å². The van der Waals surface area contributed by atoms with E-state index in [0.29, 0.717) is 0 Å². The number of aromatic nitrogens is 1. The average molecular weight is 217 g/mol. The van der Waals surface area contributed by atoms with E-state index in [-0.39, 0.29) is 11.7 Å². The van der Waals surface area contributed by atoms with Crippen LogP contribution in [0.4, 0.5) is 0 Å². The zero-order valence-corrected chi connectivity index (χ0v) is 9.76. The molecule has 3 fully saturated rings. The monoisotopic (exact) mass is 217 g/mol. The van der Waals surface area contributed by atoms with Crippen LogP contribution < -0.4 is 5.73 Å². The van der Waals surface area contributed by atoms with Crippen molar-refractivity contribution in [1.29, 1.82) is 0 Å². The van der Waals surface area contributed by atoms with E-state index < -0.39 is 0 Å². The predicted molar refractivity (Wildman–Crippen MR) is 63.6 cm³/mol. The third kappa shape index (κ3) is 1.39. The number of rotatable bonds is 1. The average Bonchev–Trinajstić information content (AvgIpc) is 2.30. The first-order valence-electron chi connectivity index (χ1n) is 6.13. The van der Waals surface area contributed by atoms with Gasteiger partial charge in [0.1, 0.15) is 0 Å². The van der Waals surface area contributed by atoms with Gasteiger partial charge in [0, 0.05) is 24.5 Å². The highest BCUT2D eigenvalue weighted by atomic mass is 15.3. The maximum Gasteiger partial charge on any atom is 0.0582 e. The fourth-order valence-electron chi connectivity index (χ4n) is 3.52. The molecule has 4 atom stereocenters. The van der Waals surface area contributed by atoms with Crippen molar-refractivity contribution in [2.75, 3.05) is 6.54 Å². The van der Waals surface area contributed by atoms with Crippen LogP contribution in [0.5, 0.6) is 0 Å². The quantitative estimate of drug-likeness (QED) is 0.778. The first-order valence-corrected chi connectivity index (χ1v) is 6.13. The van der Waals surface area contributed by atoms with Crippen LogP contribution in [0.15, 0.2) is 24.5 Å². The lowest BCUT2D eigenvalue weighted by Gasteiger charge is -2.56. The molecule has 3 nitrogen and oxygen atoms in total. The highest BCUT2D eigenvalue weighted by molar-refractivity contribution is 5.22. The van der Waals surface area contributed by atoms with Gasteiger partial charge in [-0.05, 0) is 43.7 Å². The molecule has 3 heteroatoms. The van der Waals surface area contributed by atoms with Crippen molar-refractivity contribution in [1.82, 2.24) is 9.88 Å². The van der Waals surface area contributed by atoms with E-state index in [1.165, 1.54) is 18.4 Å². The van der Waals surface area contributed by atoms with Crippen LogP contribution in [0.3, 0.4) is 0 Å². The number of fused-ring (bicyclic) bond motifs is 3. The van der Waals surface area contributed by atoms with Crippen LogP contribution in [0.2, 0.25) is 0 Å². The largest absolute Gasteiger partial charge is 0.316 e. The van der Waals surface area contributed by atoms with Crippen LogP contribution in [0.25, 0.3) is 0 Å². The summed E-state index contributed by atoms with van der Waals surface area (Å²) in [6.45, 7) is 3.45. The molecule has 0 radical (unpaired) electrons. The lowest BCUT2D eigenvalue weighted by atomic mass is 9.71. The van der Waals surface area contributed by atoms with Gasteiger partial charge in [0.05, 0.1) is 6.17 Å². The van der Waals surface area contributed by atoms with Crippen molar-refractivity contribution >= 4 is 0 Å². The fourth-order valence-corrected chi connectivity index (χ4v) is 3.52. The van der Waals surface area contributed by atoms with Crippen molar-refractivity contribution < 1.29 is 0 Å². The third-order valence-electron chi connectivity index (χ3n) is 4.36. The molecule has 3 aliphatic rings. The van der Waals surface area contributed by atoms with Crippen molar-refractivity contribution in [2.45, 2.75) is 37.9 Å². The van der Waals surface area contributed by atoms with Gasteiger partial charge >= 0.3 is 0 Å². The Balaban J connectivity index is 1.99. The van der Waals surface area contributed by atoms with Gasteiger partial charge in [-0.25, -0.2) is 0 Å². The van der Waals surface area contributed by atoms with Gasteiger partial charge in [-0.2, -0.15) is 0 Å². The Kier molecular flexibility index (Phi) is 2.26. The standard InChI is InChI=1S/C13H19N3/c1-13(11-3-2-5-15-9-11)8-10-4-6-16(13)12(14)7-10/h2-3,5,9-10,12H,4,6-8,14H2,1H3. The predicted octanol–water partition coefficient (Wildman–Crippen LogP) is 1.70. The van der Waals surface area contributed by atoms with E-state index >= 15 is 0 Å². The van der Waals surface area contributed by atoms with Crippen molar-refractivity contribution in [3.05, 3.63) is 30.1 Å². The molecule has 4 heterocycles. The molecule has 0 aliphatic carbocycles. The van der Waals surface area contributed by atoms with Crippen molar-refractivity contribution in [2.24, 2.45) is 11.7 Å². The summed E-state index contributed by atoms with van der Waals surface area (Å²) < 4.78 is 0. The van der Waals surface area contributed by atoms with Crippen LogP contribution in [-0.4, -0.2) is 22.6 Å². The Labute approximate surface area is 96.7 Å². The van der Waals surface area contributed by atoms with Crippen LogP contribution >= 0.6 is 0 Å². The Morgan fingerprint density at radius 3 is 3.06 bits per heavy atom. The molecule has 1 aromatic rings.